The molecule has 5 nitrogen and oxygen atoms in total. The molecule has 1 aliphatic heterocycles. The number of nitrogen functional groups attached to an aromatic ring is 1. The molecule has 0 radical (unpaired) electrons. The zero-order valence-corrected chi connectivity index (χ0v) is 14.5. The number of aromatic nitrogens is 1. The molecule has 24 heavy (non-hydrogen) atoms. The van der Waals surface area contributed by atoms with Crippen molar-refractivity contribution in [2.45, 2.75) is 18.9 Å². The molecule has 1 saturated heterocycles. The van der Waals surface area contributed by atoms with Gasteiger partial charge in [0.25, 0.3) is 5.91 Å². The number of benzene rings is 1. The normalized spacial score (nSPS) is 15.3. The first kappa shape index (κ1) is 16.7. The van der Waals surface area contributed by atoms with Crippen molar-refractivity contribution in [3.8, 4) is 5.88 Å². The molecule has 1 aromatic heterocycles. The molecule has 3 rings (SSSR count). The second-order valence-electron chi connectivity index (χ2n) is 5.66. The number of ether oxygens (including phenoxy) is 1. The fourth-order valence-electron chi connectivity index (χ4n) is 2.66. The van der Waals surface area contributed by atoms with Gasteiger partial charge in [-0.3, -0.25) is 4.79 Å². The van der Waals surface area contributed by atoms with Gasteiger partial charge in [-0.1, -0.05) is 0 Å². The second-order valence-corrected chi connectivity index (χ2v) is 6.57. The van der Waals surface area contributed by atoms with E-state index in [1.807, 2.05) is 6.07 Å². The van der Waals surface area contributed by atoms with Crippen LogP contribution in [0.25, 0.3) is 0 Å². The Kier molecular flexibility index (Phi) is 4.99. The van der Waals surface area contributed by atoms with E-state index < -0.39 is 5.82 Å². The Balaban J connectivity index is 1.59. The summed E-state index contributed by atoms with van der Waals surface area (Å²) in [5, 5.41) is 0. The van der Waals surface area contributed by atoms with Crippen LogP contribution in [-0.2, 0) is 0 Å². The largest absolute Gasteiger partial charge is 0.474 e. The van der Waals surface area contributed by atoms with Gasteiger partial charge in [-0.15, -0.1) is 0 Å². The zero-order valence-electron chi connectivity index (χ0n) is 12.9. The molecule has 1 aromatic carbocycles. The average molecular weight is 394 g/mol. The monoisotopic (exact) mass is 393 g/mol. The number of nitrogens with two attached hydrogens (primary N) is 1. The van der Waals surface area contributed by atoms with E-state index in [4.69, 9.17) is 10.5 Å². The Hall–Kier alpha value is -2.15. The predicted molar refractivity (Wildman–Crippen MR) is 92.3 cm³/mol. The third kappa shape index (κ3) is 3.84. The van der Waals surface area contributed by atoms with Gasteiger partial charge in [-0.2, -0.15) is 0 Å². The molecule has 1 amide bonds. The first-order chi connectivity index (χ1) is 11.5. The number of hydrogen-bond acceptors (Lipinski definition) is 4. The van der Waals surface area contributed by atoms with Crippen molar-refractivity contribution in [3.05, 3.63) is 52.4 Å². The van der Waals surface area contributed by atoms with Crippen LogP contribution in [0, 0.1) is 5.82 Å². The van der Waals surface area contributed by atoms with Crippen molar-refractivity contribution in [2.75, 3.05) is 18.8 Å². The summed E-state index contributed by atoms with van der Waals surface area (Å²) in [6.07, 6.45) is 3.07. The Morgan fingerprint density at radius 1 is 1.29 bits per heavy atom. The maximum Gasteiger partial charge on any atom is 0.256 e. The van der Waals surface area contributed by atoms with Crippen LogP contribution < -0.4 is 10.5 Å². The average Bonchev–Trinajstić information content (AvgIpc) is 2.59. The summed E-state index contributed by atoms with van der Waals surface area (Å²) in [4.78, 5) is 18.4. The minimum Gasteiger partial charge on any atom is -0.474 e. The Morgan fingerprint density at radius 2 is 2.04 bits per heavy atom. The molecular formula is C17H17BrFN3O2. The van der Waals surface area contributed by atoms with Crippen molar-refractivity contribution in [3.63, 3.8) is 0 Å². The minimum atomic E-state index is -0.466. The summed E-state index contributed by atoms with van der Waals surface area (Å²) >= 11 is 3.33. The van der Waals surface area contributed by atoms with Crippen LogP contribution in [-0.4, -0.2) is 35.0 Å². The van der Waals surface area contributed by atoms with Crippen LogP contribution in [0.4, 0.5) is 10.1 Å². The summed E-state index contributed by atoms with van der Waals surface area (Å²) in [7, 11) is 0. The highest BCUT2D eigenvalue weighted by Crippen LogP contribution is 2.22. The maximum atomic E-state index is 13.4. The fraction of sp³-hybridized carbons (Fsp3) is 0.294. The quantitative estimate of drug-likeness (QED) is 0.812. The number of halogens is 2. The summed E-state index contributed by atoms with van der Waals surface area (Å²) in [6.45, 7) is 1.08. The van der Waals surface area contributed by atoms with E-state index >= 15 is 0 Å². The van der Waals surface area contributed by atoms with Gasteiger partial charge < -0.3 is 15.4 Å². The number of rotatable bonds is 3. The number of amides is 1. The van der Waals surface area contributed by atoms with Crippen molar-refractivity contribution in [1.82, 2.24) is 9.88 Å². The molecule has 1 fully saturated rings. The smallest absolute Gasteiger partial charge is 0.256 e. The molecule has 2 aromatic rings. The summed E-state index contributed by atoms with van der Waals surface area (Å²) in [6, 6.07) is 7.52. The Morgan fingerprint density at radius 3 is 2.71 bits per heavy atom. The van der Waals surface area contributed by atoms with E-state index in [0.717, 1.165) is 4.47 Å². The van der Waals surface area contributed by atoms with Gasteiger partial charge in [-0.25, -0.2) is 9.37 Å². The second kappa shape index (κ2) is 7.17. The molecule has 0 spiro atoms. The van der Waals surface area contributed by atoms with E-state index in [0.29, 0.717) is 37.5 Å². The highest BCUT2D eigenvalue weighted by atomic mass is 79.9. The summed E-state index contributed by atoms with van der Waals surface area (Å²) < 4.78 is 20.1. The molecule has 7 heteroatoms. The number of anilines is 1. The Labute approximate surface area is 147 Å². The lowest BCUT2D eigenvalue weighted by Gasteiger charge is -2.32. The topological polar surface area (TPSA) is 68.5 Å². The van der Waals surface area contributed by atoms with E-state index in [1.165, 1.54) is 18.2 Å². The summed E-state index contributed by atoms with van der Waals surface area (Å²) in [5.74, 6) is -0.142. The van der Waals surface area contributed by atoms with Crippen LogP contribution in [0.1, 0.15) is 23.2 Å². The number of pyridine rings is 1. The van der Waals surface area contributed by atoms with Gasteiger partial charge in [0.1, 0.15) is 11.9 Å². The van der Waals surface area contributed by atoms with Gasteiger partial charge in [0.15, 0.2) is 0 Å². The van der Waals surface area contributed by atoms with Crippen LogP contribution in [0.15, 0.2) is 41.0 Å². The van der Waals surface area contributed by atoms with E-state index in [9.17, 15) is 9.18 Å². The molecule has 126 valence electrons. The maximum absolute atomic E-state index is 13.4. The summed E-state index contributed by atoms with van der Waals surface area (Å²) in [5.41, 5.74) is 6.29. The molecule has 0 bridgehead atoms. The number of carbonyl (C=O) groups excluding carboxylic acids is 1. The molecule has 2 N–H and O–H groups in total. The SMILES string of the molecule is Nc1ccc(F)cc1C(=O)N1CCC(Oc2ccc(Br)cn2)CC1. The van der Waals surface area contributed by atoms with Gasteiger partial charge in [-0.05, 0) is 40.2 Å². The third-order valence-corrected chi connectivity index (χ3v) is 4.43. The van der Waals surface area contributed by atoms with Crippen molar-refractivity contribution in [2.24, 2.45) is 0 Å². The number of hydrogen-bond donors (Lipinski definition) is 1. The lowest BCUT2D eigenvalue weighted by molar-refractivity contribution is 0.0588. The number of carbonyl (C=O) groups is 1. The molecule has 1 aliphatic rings. The van der Waals surface area contributed by atoms with E-state index in [1.54, 1.807) is 17.2 Å². The number of likely N-dealkylation sites (tertiary alicyclic amines) is 1. The highest BCUT2D eigenvalue weighted by Gasteiger charge is 2.26. The number of nitrogens with zero attached hydrogens (tertiary/aromatic N) is 2. The molecule has 0 atom stereocenters. The fourth-order valence-corrected chi connectivity index (χ4v) is 2.90. The van der Waals surface area contributed by atoms with Crippen molar-refractivity contribution >= 4 is 27.5 Å². The van der Waals surface area contributed by atoms with Gasteiger partial charge in [0.05, 0.1) is 5.56 Å². The molecule has 0 unspecified atom stereocenters. The Bertz CT molecular complexity index is 731. The van der Waals surface area contributed by atoms with Gasteiger partial charge >= 0.3 is 0 Å². The standard InChI is InChI=1S/C17H17BrFN3O2/c18-11-1-4-16(21-10-11)24-13-5-7-22(8-6-13)17(23)14-9-12(19)2-3-15(14)20/h1-4,9-10,13H,5-8,20H2. The molecule has 2 heterocycles. The lowest BCUT2D eigenvalue weighted by atomic mass is 10.1. The third-order valence-electron chi connectivity index (χ3n) is 3.96. The van der Waals surface area contributed by atoms with E-state index in [-0.39, 0.29) is 17.6 Å². The lowest BCUT2D eigenvalue weighted by Crippen LogP contribution is -2.42. The van der Waals surface area contributed by atoms with Crippen LogP contribution in [0.3, 0.4) is 0 Å². The van der Waals surface area contributed by atoms with Crippen LogP contribution in [0.5, 0.6) is 5.88 Å². The first-order valence-corrected chi connectivity index (χ1v) is 8.45. The predicted octanol–water partition coefficient (Wildman–Crippen LogP) is 3.25. The van der Waals surface area contributed by atoms with Gasteiger partial charge in [0, 0.05) is 48.4 Å². The first-order valence-electron chi connectivity index (χ1n) is 7.65. The van der Waals surface area contributed by atoms with Crippen LogP contribution >= 0.6 is 15.9 Å². The molecular weight excluding hydrogens is 377 g/mol. The number of piperidine rings is 1. The zero-order chi connectivity index (χ0) is 17.1. The molecule has 0 aliphatic carbocycles. The molecule has 0 saturated carbocycles. The van der Waals surface area contributed by atoms with Crippen LogP contribution in [0.2, 0.25) is 0 Å². The van der Waals surface area contributed by atoms with Crippen molar-refractivity contribution < 1.29 is 13.9 Å². The minimum absolute atomic E-state index is 0.00702. The van der Waals surface area contributed by atoms with Gasteiger partial charge in [0.2, 0.25) is 5.88 Å². The highest BCUT2D eigenvalue weighted by molar-refractivity contribution is 9.10. The van der Waals surface area contributed by atoms with Crippen molar-refractivity contribution in [1.29, 1.82) is 0 Å². The van der Waals surface area contributed by atoms with E-state index in [2.05, 4.69) is 20.9 Å².